The number of hydrogen-bond donors (Lipinski definition) is 1. The van der Waals surface area contributed by atoms with Crippen LogP contribution in [0.25, 0.3) is 10.9 Å². The predicted octanol–water partition coefficient (Wildman–Crippen LogP) is 4.26. The smallest absolute Gasteiger partial charge is 0.210 e. The van der Waals surface area contributed by atoms with Crippen LogP contribution in [0.5, 0.6) is 5.75 Å². The maximum atomic E-state index is 11.8. The second-order valence-electron chi connectivity index (χ2n) is 7.78. The van der Waals surface area contributed by atoms with Crippen molar-refractivity contribution in [3.8, 4) is 5.75 Å². The zero-order valence-corrected chi connectivity index (χ0v) is 17.6. The van der Waals surface area contributed by atoms with Gasteiger partial charge in [0.25, 0.3) is 0 Å². The van der Waals surface area contributed by atoms with Gasteiger partial charge in [0.1, 0.15) is 5.75 Å². The Bertz CT molecular complexity index is 997. The van der Waals surface area contributed by atoms with E-state index >= 15 is 0 Å². The Hall–Kier alpha value is -2.50. The van der Waals surface area contributed by atoms with Crippen LogP contribution in [-0.2, 0) is 11.2 Å². The van der Waals surface area contributed by atoms with E-state index in [-0.39, 0.29) is 6.04 Å². The van der Waals surface area contributed by atoms with Gasteiger partial charge in [-0.1, -0.05) is 23.7 Å². The molecule has 2 aromatic carbocycles. The first-order valence-corrected chi connectivity index (χ1v) is 10.3. The summed E-state index contributed by atoms with van der Waals surface area (Å²) in [6.45, 7) is 2.37. The Balaban J connectivity index is 1.60. The molecule has 0 bridgehead atoms. The van der Waals surface area contributed by atoms with Gasteiger partial charge in [0.05, 0.1) is 12.6 Å². The highest BCUT2D eigenvalue weighted by molar-refractivity contribution is 6.31. The number of halogens is 1. The van der Waals surface area contributed by atoms with Gasteiger partial charge < -0.3 is 19.5 Å². The number of fused-ring (bicyclic) bond motifs is 3. The standard InChI is InChI=1S/C23H26ClN3O2/c1-26(2)11-3-13-29-18-7-4-16(5-8-18)23-22-19(10-12-27(23)15-28)20-14-17(24)6-9-21(20)25-22/h4-9,14-15,23,25H,3,10-13H2,1-2H3. The van der Waals surface area contributed by atoms with Crippen LogP contribution in [-0.4, -0.2) is 55.0 Å². The first-order valence-electron chi connectivity index (χ1n) is 9.95. The molecule has 0 spiro atoms. The second-order valence-corrected chi connectivity index (χ2v) is 8.21. The van der Waals surface area contributed by atoms with Crippen LogP contribution in [0.15, 0.2) is 42.5 Å². The van der Waals surface area contributed by atoms with Crippen LogP contribution in [0, 0.1) is 0 Å². The third kappa shape index (κ3) is 4.11. The largest absolute Gasteiger partial charge is 0.494 e. The average Bonchev–Trinajstić information content (AvgIpc) is 3.08. The molecule has 1 N–H and O–H groups in total. The minimum Gasteiger partial charge on any atom is -0.494 e. The number of carbonyl (C=O) groups excluding carboxylic acids is 1. The fraction of sp³-hybridized carbons (Fsp3) is 0.348. The van der Waals surface area contributed by atoms with E-state index in [0.717, 1.165) is 58.7 Å². The van der Waals surface area contributed by atoms with Gasteiger partial charge in [-0.25, -0.2) is 0 Å². The van der Waals surface area contributed by atoms with Gasteiger partial charge in [0, 0.05) is 34.7 Å². The summed E-state index contributed by atoms with van der Waals surface area (Å²) in [5.74, 6) is 0.852. The highest BCUT2D eigenvalue weighted by atomic mass is 35.5. The van der Waals surface area contributed by atoms with Crippen molar-refractivity contribution in [3.63, 3.8) is 0 Å². The topological polar surface area (TPSA) is 48.6 Å². The SMILES string of the molecule is CN(C)CCCOc1ccc(C2c3[nH]c4ccc(Cl)cc4c3CCN2C=O)cc1. The third-order valence-corrected chi connectivity index (χ3v) is 5.71. The van der Waals surface area contributed by atoms with E-state index in [1.54, 1.807) is 0 Å². The molecule has 5 nitrogen and oxygen atoms in total. The molecule has 1 aliphatic rings. The molecular weight excluding hydrogens is 386 g/mol. The van der Waals surface area contributed by atoms with E-state index in [1.807, 2.05) is 35.2 Å². The van der Waals surface area contributed by atoms with Crippen molar-refractivity contribution in [1.29, 1.82) is 0 Å². The molecule has 1 unspecified atom stereocenters. The quantitative estimate of drug-likeness (QED) is 0.467. The summed E-state index contributed by atoms with van der Waals surface area (Å²) in [5, 5.41) is 1.87. The average molecular weight is 412 g/mol. The summed E-state index contributed by atoms with van der Waals surface area (Å²) >= 11 is 6.22. The summed E-state index contributed by atoms with van der Waals surface area (Å²) in [5.41, 5.74) is 4.43. The van der Waals surface area contributed by atoms with Gasteiger partial charge in [0.2, 0.25) is 6.41 Å². The fourth-order valence-corrected chi connectivity index (χ4v) is 4.24. The molecule has 1 amide bonds. The molecule has 4 rings (SSSR count). The lowest BCUT2D eigenvalue weighted by atomic mass is 9.93. The van der Waals surface area contributed by atoms with Crippen molar-refractivity contribution in [2.24, 2.45) is 0 Å². The van der Waals surface area contributed by atoms with Crippen LogP contribution in [0.4, 0.5) is 0 Å². The van der Waals surface area contributed by atoms with E-state index in [9.17, 15) is 4.79 Å². The number of carbonyl (C=O) groups is 1. The van der Waals surface area contributed by atoms with Gasteiger partial charge in [-0.3, -0.25) is 4.79 Å². The Morgan fingerprint density at radius 2 is 2.03 bits per heavy atom. The molecule has 1 atom stereocenters. The Kier molecular flexibility index (Phi) is 5.79. The van der Waals surface area contributed by atoms with Gasteiger partial charge in [-0.2, -0.15) is 0 Å². The van der Waals surface area contributed by atoms with Crippen molar-refractivity contribution in [3.05, 3.63) is 64.3 Å². The van der Waals surface area contributed by atoms with E-state index < -0.39 is 0 Å². The molecule has 0 fully saturated rings. The number of nitrogens with zero attached hydrogens (tertiary/aromatic N) is 2. The first kappa shape index (κ1) is 19.8. The Morgan fingerprint density at radius 1 is 1.24 bits per heavy atom. The lowest BCUT2D eigenvalue weighted by Gasteiger charge is -2.33. The highest BCUT2D eigenvalue weighted by Gasteiger charge is 2.31. The highest BCUT2D eigenvalue weighted by Crippen LogP contribution is 2.38. The number of amides is 1. The van der Waals surface area contributed by atoms with E-state index in [2.05, 4.69) is 36.1 Å². The van der Waals surface area contributed by atoms with E-state index in [1.165, 1.54) is 5.56 Å². The number of aromatic nitrogens is 1. The Morgan fingerprint density at radius 3 is 2.76 bits per heavy atom. The molecule has 2 heterocycles. The van der Waals surface area contributed by atoms with Crippen LogP contribution >= 0.6 is 11.6 Å². The number of ether oxygens (including phenoxy) is 1. The maximum absolute atomic E-state index is 11.8. The van der Waals surface area contributed by atoms with Crippen LogP contribution in [0.1, 0.15) is 29.3 Å². The number of nitrogens with one attached hydrogen (secondary N) is 1. The van der Waals surface area contributed by atoms with E-state index in [4.69, 9.17) is 16.3 Å². The van der Waals surface area contributed by atoms with Crippen molar-refractivity contribution >= 4 is 28.9 Å². The zero-order chi connectivity index (χ0) is 20.4. The summed E-state index contributed by atoms with van der Waals surface area (Å²) in [7, 11) is 4.12. The molecule has 6 heteroatoms. The van der Waals surface area contributed by atoms with Gasteiger partial charge >= 0.3 is 0 Å². The normalized spacial score (nSPS) is 16.3. The number of H-pyrrole nitrogens is 1. The molecular formula is C23H26ClN3O2. The molecule has 1 aliphatic heterocycles. The fourth-order valence-electron chi connectivity index (χ4n) is 4.07. The van der Waals surface area contributed by atoms with Crippen molar-refractivity contribution in [2.75, 3.05) is 33.8 Å². The molecule has 0 radical (unpaired) electrons. The minimum atomic E-state index is -0.134. The summed E-state index contributed by atoms with van der Waals surface area (Å²) in [4.78, 5) is 19.3. The Labute approximate surface area is 176 Å². The molecule has 0 saturated heterocycles. The van der Waals surface area contributed by atoms with Crippen LogP contribution < -0.4 is 4.74 Å². The maximum Gasteiger partial charge on any atom is 0.210 e. The van der Waals surface area contributed by atoms with Gasteiger partial charge in [-0.15, -0.1) is 0 Å². The number of aromatic amines is 1. The molecule has 29 heavy (non-hydrogen) atoms. The van der Waals surface area contributed by atoms with Crippen LogP contribution in [0.3, 0.4) is 0 Å². The third-order valence-electron chi connectivity index (χ3n) is 5.48. The van der Waals surface area contributed by atoms with Crippen molar-refractivity contribution in [1.82, 2.24) is 14.8 Å². The molecule has 152 valence electrons. The molecule has 0 aliphatic carbocycles. The molecule has 1 aromatic heterocycles. The van der Waals surface area contributed by atoms with Crippen molar-refractivity contribution < 1.29 is 9.53 Å². The number of benzene rings is 2. The monoisotopic (exact) mass is 411 g/mol. The zero-order valence-electron chi connectivity index (χ0n) is 16.8. The molecule has 3 aromatic rings. The minimum absolute atomic E-state index is 0.134. The summed E-state index contributed by atoms with van der Waals surface area (Å²) < 4.78 is 5.85. The lowest BCUT2D eigenvalue weighted by Crippen LogP contribution is -2.34. The molecule has 0 saturated carbocycles. The number of hydrogen-bond acceptors (Lipinski definition) is 3. The lowest BCUT2D eigenvalue weighted by molar-refractivity contribution is -0.120. The van der Waals surface area contributed by atoms with E-state index in [0.29, 0.717) is 13.2 Å². The number of rotatable bonds is 7. The van der Waals surface area contributed by atoms with Gasteiger partial charge in [0.15, 0.2) is 0 Å². The van der Waals surface area contributed by atoms with Gasteiger partial charge in [-0.05, 0) is 68.4 Å². The van der Waals surface area contributed by atoms with Crippen LogP contribution in [0.2, 0.25) is 5.02 Å². The summed E-state index contributed by atoms with van der Waals surface area (Å²) in [6.07, 6.45) is 2.74. The van der Waals surface area contributed by atoms with Crippen molar-refractivity contribution in [2.45, 2.75) is 18.9 Å². The second kappa shape index (κ2) is 8.47. The summed E-state index contributed by atoms with van der Waals surface area (Å²) in [6, 6.07) is 13.8. The predicted molar refractivity (Wildman–Crippen MR) is 117 cm³/mol. The first-order chi connectivity index (χ1) is 14.1.